The molecule has 1 aliphatic heterocycles. The zero-order chi connectivity index (χ0) is 21.3. The lowest BCUT2D eigenvalue weighted by molar-refractivity contribution is -0.127. The summed E-state index contributed by atoms with van der Waals surface area (Å²) in [4.78, 5) is 60.6. The van der Waals surface area contributed by atoms with Crippen LogP contribution in [0.25, 0.3) is 0 Å². The van der Waals surface area contributed by atoms with Crippen LogP contribution >= 0.6 is 0 Å². The van der Waals surface area contributed by atoms with Crippen LogP contribution in [0.2, 0.25) is 0 Å². The highest BCUT2D eigenvalue weighted by atomic mass is 19.1. The number of esters is 1. The largest absolute Gasteiger partial charge is 0.449 e. The van der Waals surface area contributed by atoms with Crippen molar-refractivity contribution in [2.75, 3.05) is 4.90 Å². The van der Waals surface area contributed by atoms with Crippen molar-refractivity contribution in [1.82, 2.24) is 5.32 Å². The second-order valence-electron chi connectivity index (χ2n) is 6.08. The summed E-state index contributed by atoms with van der Waals surface area (Å²) >= 11 is 0. The van der Waals surface area contributed by atoms with E-state index in [2.05, 4.69) is 0 Å². The van der Waals surface area contributed by atoms with Gasteiger partial charge in [-0.1, -0.05) is 0 Å². The fourth-order valence-corrected chi connectivity index (χ4v) is 2.70. The summed E-state index contributed by atoms with van der Waals surface area (Å²) in [7, 11) is 0. The molecule has 3 N–H and O–H groups in total. The SMILES string of the molecule is C[C@@H](OC(=O)c1ccc2c(c1)C(=O)N(c1ccc(F)cc1)C2=O)C(=O)NC(N)=O. The number of nitrogens with one attached hydrogen (secondary N) is 1. The van der Waals surface area contributed by atoms with E-state index in [0.29, 0.717) is 0 Å². The number of urea groups is 1. The van der Waals surface area contributed by atoms with E-state index in [1.54, 1.807) is 5.32 Å². The van der Waals surface area contributed by atoms with Crippen molar-refractivity contribution in [1.29, 1.82) is 0 Å². The molecule has 0 unspecified atom stereocenters. The molecule has 29 heavy (non-hydrogen) atoms. The molecule has 1 atom stereocenters. The molecule has 0 saturated heterocycles. The second kappa shape index (κ2) is 7.50. The molecule has 1 heterocycles. The van der Waals surface area contributed by atoms with Gasteiger partial charge in [0.2, 0.25) is 0 Å². The molecule has 148 valence electrons. The third kappa shape index (κ3) is 3.81. The minimum Gasteiger partial charge on any atom is -0.449 e. The van der Waals surface area contributed by atoms with Crippen LogP contribution in [-0.2, 0) is 9.53 Å². The van der Waals surface area contributed by atoms with Crippen LogP contribution in [0, 0.1) is 5.82 Å². The Balaban J connectivity index is 1.82. The van der Waals surface area contributed by atoms with Gasteiger partial charge >= 0.3 is 12.0 Å². The maximum atomic E-state index is 13.1. The number of primary amides is 1. The quantitative estimate of drug-likeness (QED) is 0.589. The van der Waals surface area contributed by atoms with Gasteiger partial charge in [-0.2, -0.15) is 0 Å². The summed E-state index contributed by atoms with van der Waals surface area (Å²) in [6.07, 6.45) is -1.32. The molecule has 5 amide bonds. The van der Waals surface area contributed by atoms with E-state index in [1.165, 1.54) is 37.3 Å². The van der Waals surface area contributed by atoms with E-state index >= 15 is 0 Å². The van der Waals surface area contributed by atoms with E-state index in [0.717, 1.165) is 17.0 Å². The maximum Gasteiger partial charge on any atom is 0.338 e. The van der Waals surface area contributed by atoms with Gasteiger partial charge in [-0.05, 0) is 49.4 Å². The molecule has 9 nitrogen and oxygen atoms in total. The van der Waals surface area contributed by atoms with Crippen LogP contribution in [-0.4, -0.2) is 35.8 Å². The Kier molecular flexibility index (Phi) is 5.09. The van der Waals surface area contributed by atoms with E-state index in [1.807, 2.05) is 0 Å². The number of carbonyl (C=O) groups is 5. The highest BCUT2D eigenvalue weighted by Crippen LogP contribution is 2.29. The van der Waals surface area contributed by atoms with E-state index in [-0.39, 0.29) is 22.4 Å². The fourth-order valence-electron chi connectivity index (χ4n) is 2.70. The van der Waals surface area contributed by atoms with Crippen molar-refractivity contribution < 1.29 is 33.1 Å². The van der Waals surface area contributed by atoms with Gasteiger partial charge in [0, 0.05) is 0 Å². The fraction of sp³-hybridized carbons (Fsp3) is 0.105. The predicted octanol–water partition coefficient (Wildman–Crippen LogP) is 1.37. The van der Waals surface area contributed by atoms with Crippen molar-refractivity contribution in [2.24, 2.45) is 5.73 Å². The summed E-state index contributed by atoms with van der Waals surface area (Å²) in [6, 6.07) is 7.40. The Morgan fingerprint density at radius 3 is 2.28 bits per heavy atom. The molecule has 0 aromatic heterocycles. The topological polar surface area (TPSA) is 136 Å². The number of carbonyl (C=O) groups excluding carboxylic acids is 5. The number of imide groups is 2. The minimum atomic E-state index is -1.32. The van der Waals surface area contributed by atoms with Crippen LogP contribution in [0.1, 0.15) is 38.0 Å². The van der Waals surface area contributed by atoms with Crippen LogP contribution in [0.15, 0.2) is 42.5 Å². The molecule has 0 fully saturated rings. The van der Waals surface area contributed by atoms with Crippen molar-refractivity contribution >= 4 is 35.4 Å². The summed E-state index contributed by atoms with van der Waals surface area (Å²) < 4.78 is 18.0. The minimum absolute atomic E-state index is 0.0389. The maximum absolute atomic E-state index is 13.1. The second-order valence-corrected chi connectivity index (χ2v) is 6.08. The molecular formula is C19H14FN3O6. The third-order valence-electron chi connectivity index (χ3n) is 4.11. The first kappa shape index (κ1) is 19.7. The van der Waals surface area contributed by atoms with Crippen LogP contribution < -0.4 is 16.0 Å². The molecule has 2 aromatic rings. The van der Waals surface area contributed by atoms with Gasteiger partial charge in [0.1, 0.15) is 5.82 Å². The van der Waals surface area contributed by atoms with Crippen molar-refractivity contribution in [3.8, 4) is 0 Å². The number of fused-ring (bicyclic) bond motifs is 1. The molecule has 0 aliphatic carbocycles. The number of nitrogens with zero attached hydrogens (tertiary/aromatic N) is 1. The molecule has 10 heteroatoms. The standard InChI is InChI=1S/C19H14FN3O6/c1-9(15(24)22-19(21)28)29-18(27)10-2-7-13-14(8-10)17(26)23(16(13)25)12-5-3-11(20)4-6-12/h2-9H,1H3,(H3,21,22,24,28)/t9-/m1/s1. The number of hydrogen-bond donors (Lipinski definition) is 2. The summed E-state index contributed by atoms with van der Waals surface area (Å²) in [6.45, 7) is 1.23. The lowest BCUT2D eigenvalue weighted by Gasteiger charge is -2.13. The highest BCUT2D eigenvalue weighted by Gasteiger charge is 2.37. The van der Waals surface area contributed by atoms with Gasteiger partial charge in [-0.15, -0.1) is 0 Å². The van der Waals surface area contributed by atoms with E-state index in [4.69, 9.17) is 10.5 Å². The van der Waals surface area contributed by atoms with Crippen molar-refractivity contribution in [2.45, 2.75) is 13.0 Å². The Hall–Kier alpha value is -4.08. The zero-order valence-electron chi connectivity index (χ0n) is 15.0. The van der Waals surface area contributed by atoms with Gasteiger partial charge in [0.15, 0.2) is 6.10 Å². The first-order chi connectivity index (χ1) is 13.7. The van der Waals surface area contributed by atoms with Crippen molar-refractivity contribution in [3.63, 3.8) is 0 Å². The highest BCUT2D eigenvalue weighted by molar-refractivity contribution is 6.34. The number of rotatable bonds is 4. The predicted molar refractivity (Wildman–Crippen MR) is 96.6 cm³/mol. The monoisotopic (exact) mass is 399 g/mol. The number of halogens is 1. The Labute approximate surface area is 163 Å². The van der Waals surface area contributed by atoms with Gasteiger partial charge in [-0.3, -0.25) is 19.7 Å². The molecule has 1 aliphatic rings. The molecule has 2 aromatic carbocycles. The number of anilines is 1. The molecular weight excluding hydrogens is 385 g/mol. The number of nitrogens with two attached hydrogens (primary N) is 1. The zero-order valence-corrected chi connectivity index (χ0v) is 15.0. The normalized spacial score (nSPS) is 13.7. The summed E-state index contributed by atoms with van der Waals surface area (Å²) in [5.74, 6) is -3.69. The first-order valence-corrected chi connectivity index (χ1v) is 8.28. The Morgan fingerprint density at radius 1 is 1.03 bits per heavy atom. The summed E-state index contributed by atoms with van der Waals surface area (Å²) in [5.41, 5.74) is 4.95. The van der Waals surface area contributed by atoms with E-state index < -0.39 is 41.6 Å². The molecule has 0 radical (unpaired) electrons. The van der Waals surface area contributed by atoms with Gasteiger partial charge in [-0.25, -0.2) is 18.9 Å². The number of hydrogen-bond acceptors (Lipinski definition) is 6. The lowest BCUT2D eigenvalue weighted by Crippen LogP contribution is -2.42. The first-order valence-electron chi connectivity index (χ1n) is 8.28. The van der Waals surface area contributed by atoms with Crippen LogP contribution in [0.5, 0.6) is 0 Å². The lowest BCUT2D eigenvalue weighted by atomic mass is 10.1. The molecule has 0 saturated carbocycles. The number of benzene rings is 2. The van der Waals surface area contributed by atoms with Gasteiger partial charge < -0.3 is 10.5 Å². The smallest absolute Gasteiger partial charge is 0.338 e. The molecule has 0 bridgehead atoms. The van der Waals surface area contributed by atoms with Crippen molar-refractivity contribution in [3.05, 3.63) is 65.0 Å². The number of amides is 5. The Bertz CT molecular complexity index is 1050. The number of ether oxygens (including phenoxy) is 1. The average molecular weight is 399 g/mol. The molecule has 0 spiro atoms. The van der Waals surface area contributed by atoms with Crippen LogP contribution in [0.4, 0.5) is 14.9 Å². The van der Waals surface area contributed by atoms with Gasteiger partial charge in [0.05, 0.1) is 22.4 Å². The van der Waals surface area contributed by atoms with Gasteiger partial charge in [0.25, 0.3) is 17.7 Å². The van der Waals surface area contributed by atoms with E-state index in [9.17, 15) is 28.4 Å². The Morgan fingerprint density at radius 2 is 1.66 bits per heavy atom. The molecule has 3 rings (SSSR count). The average Bonchev–Trinajstić information content (AvgIpc) is 2.92. The van der Waals surface area contributed by atoms with Crippen LogP contribution in [0.3, 0.4) is 0 Å². The third-order valence-corrected chi connectivity index (χ3v) is 4.11. The summed E-state index contributed by atoms with van der Waals surface area (Å²) in [5, 5.41) is 1.77.